The summed E-state index contributed by atoms with van der Waals surface area (Å²) in [6.45, 7) is 4.25. The first-order chi connectivity index (χ1) is 18.9. The number of aliphatic imine (C=N–C) groups is 1. The fourth-order valence-electron chi connectivity index (χ4n) is 4.56. The van der Waals surface area contributed by atoms with Crippen molar-refractivity contribution in [1.29, 1.82) is 0 Å². The van der Waals surface area contributed by atoms with Crippen LogP contribution in [0.4, 0.5) is 5.69 Å². The summed E-state index contributed by atoms with van der Waals surface area (Å²) in [4.78, 5) is 58.8. The lowest BCUT2D eigenvalue weighted by Crippen LogP contribution is -2.39. The van der Waals surface area contributed by atoms with Crippen LogP contribution in [0.1, 0.15) is 67.3 Å². The lowest BCUT2D eigenvalue weighted by molar-refractivity contribution is 0.0642. The average Bonchev–Trinajstić information content (AvgIpc) is 3.19. The summed E-state index contributed by atoms with van der Waals surface area (Å²) in [7, 11) is 0. The minimum atomic E-state index is -0.352. The van der Waals surface area contributed by atoms with E-state index in [1.807, 2.05) is 6.92 Å². The number of ketones is 1. The molecule has 0 aromatic heterocycles. The molecule has 0 bridgehead atoms. The van der Waals surface area contributed by atoms with E-state index in [0.29, 0.717) is 57.6 Å². The van der Waals surface area contributed by atoms with Gasteiger partial charge in [0, 0.05) is 17.9 Å². The van der Waals surface area contributed by atoms with Gasteiger partial charge in [0.2, 0.25) is 0 Å². The molecule has 1 fully saturated rings. The summed E-state index contributed by atoms with van der Waals surface area (Å²) in [5.74, 6) is 0.252. The van der Waals surface area contributed by atoms with Crippen molar-refractivity contribution in [3.05, 3.63) is 94.5 Å². The fourth-order valence-corrected chi connectivity index (χ4v) is 5.51. The number of fused-ring (bicyclic) bond motifs is 1. The normalized spacial score (nSPS) is 16.0. The van der Waals surface area contributed by atoms with Gasteiger partial charge >= 0.3 is 0 Å². The van der Waals surface area contributed by atoms with Crippen molar-refractivity contribution in [3.63, 3.8) is 0 Å². The van der Waals surface area contributed by atoms with Crippen LogP contribution >= 0.6 is 11.8 Å². The highest BCUT2D eigenvalue weighted by Crippen LogP contribution is 2.30. The van der Waals surface area contributed by atoms with E-state index in [0.717, 1.165) is 12.2 Å². The van der Waals surface area contributed by atoms with E-state index in [-0.39, 0.29) is 30.0 Å². The van der Waals surface area contributed by atoms with Crippen LogP contribution in [-0.4, -0.2) is 57.4 Å². The summed E-state index contributed by atoms with van der Waals surface area (Å²) in [5.41, 5.74) is 2.98. The summed E-state index contributed by atoms with van der Waals surface area (Å²) >= 11 is 1.49. The van der Waals surface area contributed by atoms with Crippen molar-refractivity contribution in [2.45, 2.75) is 26.8 Å². The van der Waals surface area contributed by atoms with E-state index in [9.17, 15) is 19.2 Å². The number of thioether (sulfide) groups is 1. The van der Waals surface area contributed by atoms with Gasteiger partial charge in [0.05, 0.1) is 35.5 Å². The van der Waals surface area contributed by atoms with Gasteiger partial charge in [-0.3, -0.25) is 29.0 Å². The highest BCUT2D eigenvalue weighted by atomic mass is 32.2. The minimum Gasteiger partial charge on any atom is -0.493 e. The Balaban J connectivity index is 1.44. The van der Waals surface area contributed by atoms with Crippen molar-refractivity contribution >= 4 is 46.1 Å². The Kier molecular flexibility index (Phi) is 7.60. The Labute approximate surface area is 230 Å². The van der Waals surface area contributed by atoms with Gasteiger partial charge in [0.1, 0.15) is 5.75 Å². The van der Waals surface area contributed by atoms with Crippen molar-refractivity contribution < 1.29 is 23.9 Å². The van der Waals surface area contributed by atoms with Crippen LogP contribution in [0.2, 0.25) is 0 Å². The Morgan fingerprint density at radius 2 is 1.67 bits per heavy atom. The molecule has 8 nitrogen and oxygen atoms in total. The molecule has 2 heterocycles. The molecule has 2 aliphatic rings. The number of Topliss-reactive ketones (excluding diaryl/α,β-unsaturated/α-hetero) is 1. The first kappa shape index (κ1) is 26.4. The van der Waals surface area contributed by atoms with Crippen molar-refractivity contribution in [2.24, 2.45) is 4.99 Å². The smallest absolute Gasteiger partial charge is 0.263 e. The monoisotopic (exact) mass is 541 g/mol. The largest absolute Gasteiger partial charge is 0.493 e. The van der Waals surface area contributed by atoms with Crippen LogP contribution in [0, 0.1) is 0 Å². The van der Waals surface area contributed by atoms with Crippen molar-refractivity contribution in [2.75, 3.05) is 18.9 Å². The predicted molar refractivity (Wildman–Crippen MR) is 150 cm³/mol. The summed E-state index contributed by atoms with van der Waals surface area (Å²) in [6, 6.07) is 18.9. The molecule has 0 unspecified atom stereocenters. The van der Waals surface area contributed by atoms with Crippen LogP contribution in [0.15, 0.2) is 71.7 Å². The first-order valence-corrected chi connectivity index (χ1v) is 13.7. The Morgan fingerprint density at radius 3 is 2.31 bits per heavy atom. The van der Waals surface area contributed by atoms with Crippen LogP contribution < -0.4 is 4.74 Å². The molecule has 0 atom stereocenters. The summed E-state index contributed by atoms with van der Waals surface area (Å²) < 4.78 is 5.78. The molecular weight excluding hydrogens is 514 g/mol. The van der Waals surface area contributed by atoms with Crippen LogP contribution in [-0.2, 0) is 6.54 Å². The number of nitrogens with zero attached hydrogens (tertiary/aromatic N) is 3. The third-order valence-corrected chi connectivity index (χ3v) is 7.59. The predicted octanol–water partition coefficient (Wildman–Crippen LogP) is 5.35. The highest BCUT2D eigenvalue weighted by Gasteiger charge is 2.35. The molecule has 198 valence electrons. The Bertz CT molecular complexity index is 1460. The number of hydrogen-bond donors (Lipinski definition) is 0. The number of rotatable bonds is 7. The van der Waals surface area contributed by atoms with E-state index in [1.54, 1.807) is 71.6 Å². The standard InChI is InChI=1S/C30H27N3O5S/c1-3-38-26-14-9-20(18-33-27(35)23-7-4-5-8-24(23)28(33)36)17-25(26)29(37)32-15-6-16-39-30(32)31-22-12-10-21(11-13-22)19(2)34/h4-5,7-14,17H,3,6,15-16,18H2,1-2H3. The zero-order chi connectivity index (χ0) is 27.5. The van der Waals surface area contributed by atoms with Gasteiger partial charge in [-0.25, -0.2) is 4.99 Å². The summed E-state index contributed by atoms with van der Waals surface area (Å²) in [6.07, 6.45) is 0.803. The first-order valence-electron chi connectivity index (χ1n) is 12.7. The Morgan fingerprint density at radius 1 is 0.974 bits per heavy atom. The van der Waals surface area contributed by atoms with E-state index in [4.69, 9.17) is 9.73 Å². The van der Waals surface area contributed by atoms with E-state index >= 15 is 0 Å². The number of amidine groups is 1. The fraction of sp³-hybridized carbons (Fsp3) is 0.233. The molecule has 0 spiro atoms. The maximum absolute atomic E-state index is 13.9. The van der Waals surface area contributed by atoms with Gasteiger partial charge in [0.15, 0.2) is 11.0 Å². The minimum absolute atomic E-state index is 0.0254. The van der Waals surface area contributed by atoms with E-state index in [2.05, 4.69) is 0 Å². The number of carbonyl (C=O) groups is 4. The highest BCUT2D eigenvalue weighted by molar-refractivity contribution is 8.13. The van der Waals surface area contributed by atoms with Crippen LogP contribution in [0.3, 0.4) is 0 Å². The molecule has 39 heavy (non-hydrogen) atoms. The second kappa shape index (κ2) is 11.2. The van der Waals surface area contributed by atoms with Gasteiger partial charge in [-0.1, -0.05) is 30.0 Å². The second-order valence-electron chi connectivity index (χ2n) is 9.16. The third kappa shape index (κ3) is 5.35. The molecule has 5 rings (SSSR count). The number of benzene rings is 3. The van der Waals surface area contributed by atoms with Gasteiger partial charge in [0.25, 0.3) is 17.7 Å². The molecule has 0 radical (unpaired) electrons. The Hall–Kier alpha value is -4.24. The SMILES string of the molecule is CCOc1ccc(CN2C(=O)c3ccccc3C2=O)cc1C(=O)N1CCCSC1=Nc1ccc(C(C)=O)cc1. The molecule has 0 N–H and O–H groups in total. The molecule has 3 amide bonds. The van der Waals surface area contributed by atoms with E-state index < -0.39 is 0 Å². The van der Waals surface area contributed by atoms with Gasteiger partial charge in [-0.15, -0.1) is 0 Å². The number of hydrogen-bond acceptors (Lipinski definition) is 7. The number of ether oxygens (including phenoxy) is 1. The summed E-state index contributed by atoms with van der Waals surface area (Å²) in [5, 5.41) is 0.565. The van der Waals surface area contributed by atoms with Gasteiger partial charge < -0.3 is 4.74 Å². The zero-order valence-electron chi connectivity index (χ0n) is 21.7. The van der Waals surface area contributed by atoms with Crippen molar-refractivity contribution in [3.8, 4) is 5.75 Å². The quantitative estimate of drug-likeness (QED) is 0.296. The molecular formula is C30H27N3O5S. The molecule has 0 aliphatic carbocycles. The van der Waals surface area contributed by atoms with Crippen LogP contribution in [0.5, 0.6) is 5.75 Å². The molecule has 9 heteroatoms. The second-order valence-corrected chi connectivity index (χ2v) is 10.2. The van der Waals surface area contributed by atoms with Gasteiger partial charge in [-0.05, 0) is 74.4 Å². The maximum Gasteiger partial charge on any atom is 0.263 e. The van der Waals surface area contributed by atoms with Gasteiger partial charge in [-0.2, -0.15) is 0 Å². The van der Waals surface area contributed by atoms with E-state index in [1.165, 1.54) is 23.6 Å². The van der Waals surface area contributed by atoms with Crippen molar-refractivity contribution in [1.82, 2.24) is 9.80 Å². The molecule has 3 aromatic rings. The molecule has 1 saturated heterocycles. The maximum atomic E-state index is 13.9. The lowest BCUT2D eigenvalue weighted by atomic mass is 10.1. The van der Waals surface area contributed by atoms with Crippen LogP contribution in [0.25, 0.3) is 0 Å². The lowest BCUT2D eigenvalue weighted by Gasteiger charge is -2.28. The topological polar surface area (TPSA) is 96.3 Å². The average molecular weight is 542 g/mol. The molecule has 2 aliphatic heterocycles. The molecule has 3 aromatic carbocycles. The number of imide groups is 1. The zero-order valence-corrected chi connectivity index (χ0v) is 22.5. The third-order valence-electron chi connectivity index (χ3n) is 6.52. The number of amides is 3. The molecule has 0 saturated carbocycles. The number of carbonyl (C=O) groups excluding carboxylic acids is 4.